The van der Waals surface area contributed by atoms with E-state index in [9.17, 15) is 23.2 Å². The van der Waals surface area contributed by atoms with Crippen molar-refractivity contribution in [2.24, 2.45) is 0 Å². The predicted molar refractivity (Wildman–Crippen MR) is 144 cm³/mol. The number of halogens is 3. The van der Waals surface area contributed by atoms with Crippen LogP contribution in [-0.4, -0.2) is 71.3 Å². The van der Waals surface area contributed by atoms with Gasteiger partial charge in [-0.05, 0) is 57.1 Å². The minimum atomic E-state index is -4.45. The number of aromatic nitrogens is 2. The molecule has 11 heteroatoms. The SMILES string of the molecule is CN1CCN(C(=O)Nc2cccc3c2cc(C#CCNc2ccc(C(C)(C)C#N)nc2)n3CC(F)(F)F)CC1. The van der Waals surface area contributed by atoms with Crippen LogP contribution in [0.15, 0.2) is 42.6 Å². The van der Waals surface area contributed by atoms with Gasteiger partial charge in [0.25, 0.3) is 0 Å². The number of alkyl halides is 3. The zero-order chi connectivity index (χ0) is 28.2. The molecule has 8 nitrogen and oxygen atoms in total. The van der Waals surface area contributed by atoms with Crippen LogP contribution in [0, 0.1) is 23.2 Å². The van der Waals surface area contributed by atoms with Crippen LogP contribution in [0.5, 0.6) is 0 Å². The molecule has 4 rings (SSSR count). The number of nitriles is 1. The number of fused-ring (bicyclic) bond motifs is 1. The summed E-state index contributed by atoms with van der Waals surface area (Å²) in [6.45, 7) is 5.18. The van der Waals surface area contributed by atoms with Crippen molar-refractivity contribution in [3.05, 3.63) is 54.0 Å². The number of benzene rings is 1. The fourth-order valence-corrected chi connectivity index (χ4v) is 4.26. The number of carbonyl (C=O) groups is 1. The van der Waals surface area contributed by atoms with Crippen molar-refractivity contribution in [1.29, 1.82) is 5.26 Å². The monoisotopic (exact) mass is 537 g/mol. The summed E-state index contributed by atoms with van der Waals surface area (Å²) in [6, 6.07) is 11.9. The number of likely N-dealkylation sites (N-methyl/N-ethyl adjacent to an activating group) is 1. The standard InChI is InChI=1S/C28H30F3N7O/c1-27(2,18-32)25-10-9-20(17-34-25)33-11-5-6-21-16-22-23(35-26(39)37-14-12-36(3)13-15-37)7-4-8-24(22)38(21)19-28(29,30)31/h4,7-10,16-17,33H,11-15,19H2,1-3H3,(H,35,39). The summed E-state index contributed by atoms with van der Waals surface area (Å²) in [6.07, 6.45) is -2.86. The normalized spacial score (nSPS) is 14.4. The number of nitrogens with one attached hydrogen (secondary N) is 2. The molecule has 1 aliphatic rings. The smallest absolute Gasteiger partial charge is 0.373 e. The summed E-state index contributed by atoms with van der Waals surface area (Å²) in [7, 11) is 1.99. The van der Waals surface area contributed by atoms with Gasteiger partial charge in [-0.2, -0.15) is 18.4 Å². The van der Waals surface area contributed by atoms with Gasteiger partial charge >= 0.3 is 12.2 Å². The van der Waals surface area contributed by atoms with Gasteiger partial charge in [-0.1, -0.05) is 12.0 Å². The topological polar surface area (TPSA) is 89.2 Å². The van der Waals surface area contributed by atoms with Crippen LogP contribution in [0.1, 0.15) is 25.2 Å². The highest BCUT2D eigenvalue weighted by atomic mass is 19.4. The molecule has 204 valence electrons. The van der Waals surface area contributed by atoms with Gasteiger partial charge in [0.05, 0.1) is 52.5 Å². The largest absolute Gasteiger partial charge is 0.406 e. The fraction of sp³-hybridized carbons (Fsp3) is 0.393. The molecule has 0 bridgehead atoms. The number of anilines is 2. The van der Waals surface area contributed by atoms with E-state index in [4.69, 9.17) is 0 Å². The zero-order valence-electron chi connectivity index (χ0n) is 22.1. The predicted octanol–water partition coefficient (Wildman–Crippen LogP) is 4.64. The number of pyridine rings is 1. The molecule has 1 aliphatic heterocycles. The first-order valence-corrected chi connectivity index (χ1v) is 12.5. The molecule has 0 atom stereocenters. The Labute approximate surface area is 225 Å². The summed E-state index contributed by atoms with van der Waals surface area (Å²) < 4.78 is 41.5. The van der Waals surface area contributed by atoms with Crippen LogP contribution in [-0.2, 0) is 12.0 Å². The molecule has 2 amide bonds. The maximum absolute atomic E-state index is 13.5. The molecule has 2 aromatic heterocycles. The van der Waals surface area contributed by atoms with E-state index >= 15 is 0 Å². The lowest BCUT2D eigenvalue weighted by molar-refractivity contribution is -0.140. The van der Waals surface area contributed by atoms with Crippen LogP contribution in [0.4, 0.5) is 29.3 Å². The maximum atomic E-state index is 13.5. The van der Waals surface area contributed by atoms with Crippen molar-refractivity contribution >= 4 is 28.3 Å². The van der Waals surface area contributed by atoms with E-state index in [0.717, 1.165) is 17.7 Å². The van der Waals surface area contributed by atoms with Crippen LogP contribution < -0.4 is 10.6 Å². The molecule has 0 saturated carbocycles. The van der Waals surface area contributed by atoms with Gasteiger partial charge in [0.1, 0.15) is 6.54 Å². The van der Waals surface area contributed by atoms with E-state index in [2.05, 4.69) is 38.4 Å². The van der Waals surface area contributed by atoms with Crippen molar-refractivity contribution in [3.8, 4) is 17.9 Å². The molecule has 0 spiro atoms. The van der Waals surface area contributed by atoms with Crippen molar-refractivity contribution in [2.45, 2.75) is 32.0 Å². The first-order chi connectivity index (χ1) is 18.5. The second-order valence-corrected chi connectivity index (χ2v) is 10.0. The third kappa shape index (κ3) is 6.81. The lowest BCUT2D eigenvalue weighted by Crippen LogP contribution is -2.48. The molecular weight excluding hydrogens is 507 g/mol. The molecule has 1 aromatic carbocycles. The summed E-state index contributed by atoms with van der Waals surface area (Å²) in [5.41, 5.74) is 1.55. The number of carbonyl (C=O) groups excluding carboxylic acids is 1. The third-order valence-electron chi connectivity index (χ3n) is 6.60. The number of piperazine rings is 1. The number of amides is 2. The highest BCUT2D eigenvalue weighted by Crippen LogP contribution is 2.30. The lowest BCUT2D eigenvalue weighted by Gasteiger charge is -2.32. The van der Waals surface area contributed by atoms with Gasteiger partial charge in [0.15, 0.2) is 0 Å². The Morgan fingerprint density at radius 3 is 2.51 bits per heavy atom. The molecule has 1 fully saturated rings. The highest BCUT2D eigenvalue weighted by molar-refractivity contribution is 6.01. The van der Waals surface area contributed by atoms with Gasteiger partial charge in [-0.15, -0.1) is 0 Å². The minimum absolute atomic E-state index is 0.170. The first kappa shape index (κ1) is 27.8. The molecule has 2 N–H and O–H groups in total. The summed E-state index contributed by atoms with van der Waals surface area (Å²) >= 11 is 0. The van der Waals surface area contributed by atoms with Gasteiger partial charge in [-0.25, -0.2) is 4.79 Å². The highest BCUT2D eigenvalue weighted by Gasteiger charge is 2.30. The summed E-state index contributed by atoms with van der Waals surface area (Å²) in [5.74, 6) is 5.73. The van der Waals surface area contributed by atoms with Crippen molar-refractivity contribution in [2.75, 3.05) is 50.4 Å². The van der Waals surface area contributed by atoms with E-state index in [-0.39, 0.29) is 18.3 Å². The maximum Gasteiger partial charge on any atom is 0.406 e. The second-order valence-electron chi connectivity index (χ2n) is 10.0. The summed E-state index contributed by atoms with van der Waals surface area (Å²) in [5, 5.41) is 15.7. The van der Waals surface area contributed by atoms with Gasteiger partial charge in [0.2, 0.25) is 0 Å². The number of rotatable bonds is 5. The van der Waals surface area contributed by atoms with Gasteiger partial charge < -0.3 is 25.0 Å². The molecule has 39 heavy (non-hydrogen) atoms. The quantitative estimate of drug-likeness (QED) is 0.463. The molecular formula is C28H30F3N7O. The van der Waals surface area contributed by atoms with Crippen molar-refractivity contribution in [1.82, 2.24) is 19.4 Å². The number of urea groups is 1. The van der Waals surface area contributed by atoms with Gasteiger partial charge in [0, 0.05) is 31.6 Å². The third-order valence-corrected chi connectivity index (χ3v) is 6.60. The number of hydrogen-bond acceptors (Lipinski definition) is 5. The van der Waals surface area contributed by atoms with Crippen LogP contribution >= 0.6 is 0 Å². The van der Waals surface area contributed by atoms with E-state index in [1.165, 1.54) is 0 Å². The molecule has 0 aliphatic carbocycles. The Kier molecular flexibility index (Phi) is 8.03. The Hall–Kier alpha value is -4.22. The van der Waals surface area contributed by atoms with E-state index in [1.807, 2.05) is 7.05 Å². The Bertz CT molecular complexity index is 1430. The van der Waals surface area contributed by atoms with Gasteiger partial charge in [-0.3, -0.25) is 4.98 Å². The summed E-state index contributed by atoms with van der Waals surface area (Å²) in [4.78, 5) is 21.0. The van der Waals surface area contributed by atoms with Crippen LogP contribution in [0.3, 0.4) is 0 Å². The van der Waals surface area contributed by atoms with Crippen LogP contribution in [0.25, 0.3) is 10.9 Å². The van der Waals surface area contributed by atoms with Crippen molar-refractivity contribution in [3.63, 3.8) is 0 Å². The Morgan fingerprint density at radius 1 is 1.13 bits per heavy atom. The van der Waals surface area contributed by atoms with Crippen molar-refractivity contribution < 1.29 is 18.0 Å². The fourth-order valence-electron chi connectivity index (χ4n) is 4.26. The van der Waals surface area contributed by atoms with E-state index < -0.39 is 18.1 Å². The lowest BCUT2D eigenvalue weighted by atomic mass is 9.91. The average molecular weight is 538 g/mol. The Balaban J connectivity index is 1.54. The second kappa shape index (κ2) is 11.3. The zero-order valence-corrected chi connectivity index (χ0v) is 22.1. The molecule has 3 aromatic rings. The van der Waals surface area contributed by atoms with E-state index in [1.54, 1.807) is 61.3 Å². The molecule has 0 unspecified atom stereocenters. The average Bonchev–Trinajstić information content (AvgIpc) is 3.24. The molecule has 0 radical (unpaired) electrons. The minimum Gasteiger partial charge on any atom is -0.373 e. The van der Waals surface area contributed by atoms with E-state index in [0.29, 0.717) is 41.1 Å². The number of hydrogen-bond donors (Lipinski definition) is 2. The first-order valence-electron chi connectivity index (χ1n) is 12.5. The molecule has 3 heterocycles. The van der Waals surface area contributed by atoms with Crippen LogP contribution in [0.2, 0.25) is 0 Å². The Morgan fingerprint density at radius 2 is 1.87 bits per heavy atom. The molecule has 1 saturated heterocycles. The number of nitrogens with zero attached hydrogens (tertiary/aromatic N) is 5.